The first-order chi connectivity index (χ1) is 12.1. The van der Waals surface area contributed by atoms with Gasteiger partial charge in [0.05, 0.1) is 26.9 Å². The lowest BCUT2D eigenvalue weighted by molar-refractivity contribution is 0.629. The molecule has 0 spiro atoms. The van der Waals surface area contributed by atoms with E-state index in [9.17, 15) is 4.39 Å². The Hall–Kier alpha value is -1.21. The molecule has 0 aliphatic heterocycles. The van der Waals surface area contributed by atoms with E-state index in [0.717, 1.165) is 33.7 Å². The predicted octanol–water partition coefficient (Wildman–Crippen LogP) is 7.20. The number of halogens is 3. The van der Waals surface area contributed by atoms with Gasteiger partial charge in [0.25, 0.3) is 0 Å². The Bertz CT molecular complexity index is 886. The van der Waals surface area contributed by atoms with Crippen LogP contribution in [0.4, 0.5) is 15.8 Å². The molecule has 3 N–H and O–H groups in total. The van der Waals surface area contributed by atoms with Crippen LogP contribution < -0.4 is 9.44 Å². The van der Waals surface area contributed by atoms with Crippen LogP contribution in [-0.2, 0) is 0 Å². The minimum Gasteiger partial charge on any atom is -0.358 e. The lowest BCUT2D eigenvalue weighted by Crippen LogP contribution is -1.94. The molecule has 0 aliphatic rings. The highest BCUT2D eigenvalue weighted by molar-refractivity contribution is 8.00. The van der Waals surface area contributed by atoms with Crippen molar-refractivity contribution in [3.8, 4) is 0 Å². The number of nitrogens with one attached hydrogen (secondary N) is 3. The summed E-state index contributed by atoms with van der Waals surface area (Å²) in [4.78, 5) is 3.87. The highest BCUT2D eigenvalue weighted by Crippen LogP contribution is 2.36. The van der Waals surface area contributed by atoms with E-state index < -0.39 is 0 Å². The molecule has 3 aromatic rings. The molecule has 0 saturated heterocycles. The van der Waals surface area contributed by atoms with E-state index in [1.807, 2.05) is 12.1 Å². The quantitative estimate of drug-likeness (QED) is 0.281. The summed E-state index contributed by atoms with van der Waals surface area (Å²) in [6.45, 7) is 2.08. The molecule has 0 unspecified atom stereocenters. The first kappa shape index (κ1) is 18.6. The molecule has 1 aromatic heterocycles. The lowest BCUT2D eigenvalue weighted by atomic mass is 10.2. The SMILES string of the molecule is CCCSNc1ccc(SNc2ccc(Cl)c3c(Cl)c[nH]c23)cc1F. The molecule has 3 nitrogen and oxygen atoms in total. The van der Waals surface area contributed by atoms with Crippen molar-refractivity contribution in [2.24, 2.45) is 0 Å². The summed E-state index contributed by atoms with van der Waals surface area (Å²) in [5.74, 6) is 0.655. The first-order valence-electron chi connectivity index (χ1n) is 7.65. The maximum Gasteiger partial charge on any atom is 0.148 e. The number of aromatic amines is 1. The van der Waals surface area contributed by atoms with Crippen molar-refractivity contribution in [1.82, 2.24) is 4.98 Å². The van der Waals surface area contributed by atoms with E-state index in [-0.39, 0.29) is 5.82 Å². The second-order valence-corrected chi connectivity index (χ2v) is 7.87. The maximum absolute atomic E-state index is 14.2. The van der Waals surface area contributed by atoms with Crippen molar-refractivity contribution in [2.45, 2.75) is 18.2 Å². The Labute approximate surface area is 164 Å². The highest BCUT2D eigenvalue weighted by atomic mass is 35.5. The fourth-order valence-electron chi connectivity index (χ4n) is 2.24. The molecule has 2 aromatic carbocycles. The molecule has 25 heavy (non-hydrogen) atoms. The maximum atomic E-state index is 14.2. The number of rotatable bonds is 7. The van der Waals surface area contributed by atoms with Crippen molar-refractivity contribution in [1.29, 1.82) is 0 Å². The van der Waals surface area contributed by atoms with Crippen LogP contribution in [0.3, 0.4) is 0 Å². The van der Waals surface area contributed by atoms with Crippen LogP contribution in [0.5, 0.6) is 0 Å². The van der Waals surface area contributed by atoms with Crippen molar-refractivity contribution >= 4 is 69.4 Å². The van der Waals surface area contributed by atoms with Crippen LogP contribution in [0.15, 0.2) is 41.4 Å². The van der Waals surface area contributed by atoms with Crippen LogP contribution in [-0.4, -0.2) is 10.7 Å². The molecule has 0 radical (unpaired) electrons. The van der Waals surface area contributed by atoms with Gasteiger partial charge in [-0.2, -0.15) is 0 Å². The molecular weight excluding hydrogens is 400 g/mol. The zero-order valence-electron chi connectivity index (χ0n) is 13.3. The van der Waals surface area contributed by atoms with Gasteiger partial charge in [0.15, 0.2) is 0 Å². The van der Waals surface area contributed by atoms with Gasteiger partial charge in [-0.15, -0.1) is 0 Å². The third-order valence-corrected chi connectivity index (χ3v) is 5.85. The molecule has 0 bridgehead atoms. The third-order valence-electron chi connectivity index (χ3n) is 3.44. The molecule has 0 saturated carbocycles. The summed E-state index contributed by atoms with van der Waals surface area (Å²) in [5, 5.41) is 1.93. The summed E-state index contributed by atoms with van der Waals surface area (Å²) < 4.78 is 20.4. The van der Waals surface area contributed by atoms with Crippen molar-refractivity contribution < 1.29 is 4.39 Å². The summed E-state index contributed by atoms with van der Waals surface area (Å²) >= 11 is 15.2. The van der Waals surface area contributed by atoms with E-state index in [0.29, 0.717) is 15.7 Å². The largest absolute Gasteiger partial charge is 0.358 e. The van der Waals surface area contributed by atoms with E-state index in [1.165, 1.54) is 30.0 Å². The van der Waals surface area contributed by atoms with E-state index in [1.54, 1.807) is 18.3 Å². The molecule has 0 amide bonds. The highest BCUT2D eigenvalue weighted by Gasteiger charge is 2.11. The number of anilines is 2. The Morgan fingerprint density at radius 1 is 1.08 bits per heavy atom. The smallest absolute Gasteiger partial charge is 0.148 e. The second kappa shape index (κ2) is 8.45. The number of hydrogen-bond donors (Lipinski definition) is 3. The Balaban J connectivity index is 1.72. The van der Waals surface area contributed by atoms with Crippen molar-refractivity contribution in [3.63, 3.8) is 0 Å². The molecule has 0 fully saturated rings. The molecule has 132 valence electrons. The van der Waals surface area contributed by atoms with Gasteiger partial charge in [0, 0.05) is 22.2 Å². The number of H-pyrrole nitrogens is 1. The normalized spacial score (nSPS) is 11.0. The molecule has 0 atom stereocenters. The van der Waals surface area contributed by atoms with Gasteiger partial charge >= 0.3 is 0 Å². The van der Waals surface area contributed by atoms with Crippen LogP contribution in [0.1, 0.15) is 13.3 Å². The fraction of sp³-hybridized carbons (Fsp3) is 0.176. The van der Waals surface area contributed by atoms with E-state index in [4.69, 9.17) is 23.2 Å². The standard InChI is InChI=1S/C17H16Cl2FN3S2/c1-2-7-24-22-14-5-3-10(8-13(14)20)25-23-15-6-4-11(18)16-12(19)9-21-17(15)16/h3-6,8-9,21-23H,2,7H2,1H3. The van der Waals surface area contributed by atoms with Crippen LogP contribution in [0.25, 0.3) is 10.9 Å². The van der Waals surface area contributed by atoms with Crippen molar-refractivity contribution in [3.05, 3.63) is 52.4 Å². The lowest BCUT2D eigenvalue weighted by Gasteiger charge is -2.10. The second-order valence-electron chi connectivity index (χ2n) is 5.28. The van der Waals surface area contributed by atoms with E-state index >= 15 is 0 Å². The predicted molar refractivity (Wildman–Crippen MR) is 111 cm³/mol. The number of benzene rings is 2. The molecule has 1 heterocycles. The minimum atomic E-state index is -0.278. The number of aromatic nitrogens is 1. The third kappa shape index (κ3) is 4.31. The summed E-state index contributed by atoms with van der Waals surface area (Å²) in [7, 11) is 0. The van der Waals surface area contributed by atoms with Crippen LogP contribution in [0, 0.1) is 5.82 Å². The summed E-state index contributed by atoms with van der Waals surface area (Å²) in [5.41, 5.74) is 2.14. The minimum absolute atomic E-state index is 0.278. The molecule has 8 heteroatoms. The van der Waals surface area contributed by atoms with Gasteiger partial charge in [0.2, 0.25) is 0 Å². The van der Waals surface area contributed by atoms with Gasteiger partial charge in [-0.1, -0.05) is 42.1 Å². The summed E-state index contributed by atoms with van der Waals surface area (Å²) in [6.07, 6.45) is 2.73. The van der Waals surface area contributed by atoms with Gasteiger partial charge in [-0.25, -0.2) is 4.39 Å². The fourth-order valence-corrected chi connectivity index (χ4v) is 4.12. The summed E-state index contributed by atoms with van der Waals surface area (Å²) in [6, 6.07) is 8.75. The zero-order valence-corrected chi connectivity index (χ0v) is 16.5. The zero-order chi connectivity index (χ0) is 17.8. The van der Waals surface area contributed by atoms with Gasteiger partial charge in [0.1, 0.15) is 5.82 Å². The molecule has 3 rings (SSSR count). The van der Waals surface area contributed by atoms with Gasteiger partial charge in [-0.05, 0) is 48.7 Å². The number of hydrogen-bond acceptors (Lipinski definition) is 4. The molecular formula is C17H16Cl2FN3S2. The average Bonchev–Trinajstić information content (AvgIpc) is 2.99. The average molecular weight is 416 g/mol. The number of fused-ring (bicyclic) bond motifs is 1. The van der Waals surface area contributed by atoms with Gasteiger partial charge < -0.3 is 14.4 Å². The van der Waals surface area contributed by atoms with Crippen LogP contribution in [0.2, 0.25) is 10.0 Å². The van der Waals surface area contributed by atoms with E-state index in [2.05, 4.69) is 21.4 Å². The Morgan fingerprint density at radius 2 is 1.88 bits per heavy atom. The first-order valence-corrected chi connectivity index (χ1v) is 10.2. The van der Waals surface area contributed by atoms with Gasteiger partial charge in [-0.3, -0.25) is 0 Å². The van der Waals surface area contributed by atoms with Crippen molar-refractivity contribution in [2.75, 3.05) is 15.2 Å². The Kier molecular flexibility index (Phi) is 6.28. The monoisotopic (exact) mass is 415 g/mol. The molecule has 0 aliphatic carbocycles. The topological polar surface area (TPSA) is 39.8 Å². The van der Waals surface area contributed by atoms with Crippen LogP contribution >= 0.6 is 47.1 Å². The Morgan fingerprint density at radius 3 is 2.64 bits per heavy atom.